The van der Waals surface area contributed by atoms with E-state index in [1.54, 1.807) is 0 Å². The lowest BCUT2D eigenvalue weighted by Crippen LogP contribution is -2.42. The molecule has 0 radical (unpaired) electrons. The van der Waals surface area contributed by atoms with Gasteiger partial charge in [0.25, 0.3) is 0 Å². The summed E-state index contributed by atoms with van der Waals surface area (Å²) in [5.41, 5.74) is 4.95. The fraction of sp³-hybridized carbons (Fsp3) is 0.276. The molecule has 2 unspecified atom stereocenters. The monoisotopic (exact) mass is 423 g/mol. The standard InChI is InChI=1S/C29H29NO2/c31-29(32-21-23-12-6-2-7-13-23)28-19-26-17-16-25(24-14-8-3-9-15-24)18-27(26)30(28)20-22-10-4-1-5-11-22/h1-16,26-28H,17-21H2/t26?,27-,28?/m1/s1. The van der Waals surface area contributed by atoms with Crippen LogP contribution in [0, 0.1) is 5.92 Å². The van der Waals surface area contributed by atoms with Gasteiger partial charge in [0.2, 0.25) is 0 Å². The SMILES string of the molecule is O=C(OCc1ccccc1)C1CC2CC=C(c3ccccc3)C[C@H]2N1Cc1ccccc1. The number of ether oxygens (including phenoxy) is 1. The molecule has 0 spiro atoms. The summed E-state index contributed by atoms with van der Waals surface area (Å²) in [6, 6.07) is 31.2. The molecule has 5 rings (SSSR count). The molecule has 162 valence electrons. The molecular formula is C29H29NO2. The number of rotatable bonds is 6. The first kappa shape index (κ1) is 20.7. The average Bonchev–Trinajstić information content (AvgIpc) is 3.22. The zero-order valence-electron chi connectivity index (χ0n) is 18.3. The Morgan fingerprint density at radius 2 is 1.47 bits per heavy atom. The summed E-state index contributed by atoms with van der Waals surface area (Å²) in [7, 11) is 0. The Morgan fingerprint density at radius 1 is 0.844 bits per heavy atom. The molecule has 3 nitrogen and oxygen atoms in total. The zero-order chi connectivity index (χ0) is 21.8. The summed E-state index contributed by atoms with van der Waals surface area (Å²) in [5, 5.41) is 0. The molecule has 1 fully saturated rings. The third-order valence-electron chi connectivity index (χ3n) is 6.84. The molecule has 1 aliphatic heterocycles. The Kier molecular flexibility index (Phi) is 6.17. The van der Waals surface area contributed by atoms with Crippen molar-refractivity contribution in [3.8, 4) is 0 Å². The first-order valence-electron chi connectivity index (χ1n) is 11.5. The van der Waals surface area contributed by atoms with E-state index in [0.717, 1.165) is 31.4 Å². The van der Waals surface area contributed by atoms with Crippen molar-refractivity contribution in [1.29, 1.82) is 0 Å². The van der Waals surface area contributed by atoms with Gasteiger partial charge in [-0.1, -0.05) is 97.1 Å². The number of benzene rings is 3. The first-order valence-corrected chi connectivity index (χ1v) is 11.5. The number of allylic oxidation sites excluding steroid dienone is 1. The molecule has 1 heterocycles. The second-order valence-electron chi connectivity index (χ2n) is 8.87. The van der Waals surface area contributed by atoms with Gasteiger partial charge >= 0.3 is 5.97 Å². The van der Waals surface area contributed by atoms with Crippen LogP contribution < -0.4 is 0 Å². The van der Waals surface area contributed by atoms with Crippen molar-refractivity contribution in [2.75, 3.05) is 0 Å². The molecule has 1 aliphatic carbocycles. The van der Waals surface area contributed by atoms with E-state index in [1.165, 1.54) is 16.7 Å². The Balaban J connectivity index is 1.36. The minimum atomic E-state index is -0.197. The number of hydrogen-bond acceptors (Lipinski definition) is 3. The number of esters is 1. The summed E-state index contributed by atoms with van der Waals surface area (Å²) < 4.78 is 5.80. The second-order valence-corrected chi connectivity index (χ2v) is 8.87. The van der Waals surface area contributed by atoms with Gasteiger partial charge in [-0.2, -0.15) is 0 Å². The van der Waals surface area contributed by atoms with Crippen LogP contribution in [0.5, 0.6) is 0 Å². The number of nitrogens with zero attached hydrogens (tertiary/aromatic N) is 1. The molecular weight excluding hydrogens is 394 g/mol. The highest BCUT2D eigenvalue weighted by atomic mass is 16.5. The predicted octanol–water partition coefficient (Wildman–Crippen LogP) is 5.87. The molecule has 0 amide bonds. The number of hydrogen-bond donors (Lipinski definition) is 0. The largest absolute Gasteiger partial charge is 0.460 e. The maximum atomic E-state index is 13.2. The van der Waals surface area contributed by atoms with Gasteiger partial charge in [0.15, 0.2) is 0 Å². The predicted molar refractivity (Wildman–Crippen MR) is 128 cm³/mol. The van der Waals surface area contributed by atoms with Gasteiger partial charge in [-0.05, 0) is 47.4 Å². The molecule has 0 aromatic heterocycles. The Hall–Kier alpha value is -3.17. The van der Waals surface area contributed by atoms with E-state index in [-0.39, 0.29) is 12.0 Å². The molecule has 0 bridgehead atoms. The van der Waals surface area contributed by atoms with Crippen molar-refractivity contribution in [2.24, 2.45) is 5.92 Å². The summed E-state index contributed by atoms with van der Waals surface area (Å²) in [4.78, 5) is 15.6. The Bertz CT molecular complexity index is 1060. The topological polar surface area (TPSA) is 29.5 Å². The summed E-state index contributed by atoms with van der Waals surface area (Å²) >= 11 is 0. The minimum Gasteiger partial charge on any atom is -0.460 e. The van der Waals surface area contributed by atoms with E-state index in [0.29, 0.717) is 18.6 Å². The number of carbonyl (C=O) groups excluding carboxylic acids is 1. The van der Waals surface area contributed by atoms with Crippen LogP contribution in [0.2, 0.25) is 0 Å². The maximum absolute atomic E-state index is 13.2. The highest BCUT2D eigenvalue weighted by Gasteiger charge is 2.46. The van der Waals surface area contributed by atoms with Gasteiger partial charge in [-0.3, -0.25) is 9.69 Å². The fourth-order valence-corrected chi connectivity index (χ4v) is 5.19. The number of likely N-dealkylation sites (tertiary alicyclic amines) is 1. The van der Waals surface area contributed by atoms with Gasteiger partial charge in [0.1, 0.15) is 12.6 Å². The number of carbonyl (C=O) groups is 1. The average molecular weight is 424 g/mol. The molecule has 32 heavy (non-hydrogen) atoms. The molecule has 2 aliphatic rings. The maximum Gasteiger partial charge on any atom is 0.323 e. The normalized spacial score (nSPS) is 22.8. The van der Waals surface area contributed by atoms with Crippen LogP contribution in [-0.2, 0) is 22.7 Å². The molecule has 3 aromatic rings. The molecule has 3 atom stereocenters. The lowest BCUT2D eigenvalue weighted by molar-refractivity contribution is -0.151. The van der Waals surface area contributed by atoms with Crippen LogP contribution in [0.25, 0.3) is 5.57 Å². The van der Waals surface area contributed by atoms with Gasteiger partial charge in [0, 0.05) is 12.6 Å². The molecule has 1 saturated heterocycles. The van der Waals surface area contributed by atoms with Crippen molar-refractivity contribution in [3.63, 3.8) is 0 Å². The molecule has 3 heteroatoms. The van der Waals surface area contributed by atoms with E-state index >= 15 is 0 Å². The van der Waals surface area contributed by atoms with E-state index in [1.807, 2.05) is 36.4 Å². The van der Waals surface area contributed by atoms with Crippen molar-refractivity contribution in [2.45, 2.75) is 44.5 Å². The quantitative estimate of drug-likeness (QED) is 0.465. The molecule has 0 N–H and O–H groups in total. The van der Waals surface area contributed by atoms with Gasteiger partial charge in [-0.15, -0.1) is 0 Å². The zero-order valence-corrected chi connectivity index (χ0v) is 18.3. The smallest absolute Gasteiger partial charge is 0.323 e. The summed E-state index contributed by atoms with van der Waals surface area (Å²) in [6.45, 7) is 1.10. The van der Waals surface area contributed by atoms with Crippen molar-refractivity contribution in [3.05, 3.63) is 114 Å². The lowest BCUT2D eigenvalue weighted by Gasteiger charge is -2.33. The molecule has 0 saturated carbocycles. The first-order chi connectivity index (χ1) is 15.8. The lowest BCUT2D eigenvalue weighted by atomic mass is 9.82. The molecule has 3 aromatic carbocycles. The van der Waals surface area contributed by atoms with Crippen LogP contribution in [0.4, 0.5) is 0 Å². The number of fused-ring (bicyclic) bond motifs is 1. The Labute approximate surface area is 190 Å². The second kappa shape index (κ2) is 9.54. The van der Waals surface area contributed by atoms with Crippen molar-refractivity contribution < 1.29 is 9.53 Å². The van der Waals surface area contributed by atoms with E-state index < -0.39 is 0 Å². The van der Waals surface area contributed by atoms with Crippen LogP contribution in [0.3, 0.4) is 0 Å². The van der Waals surface area contributed by atoms with E-state index in [4.69, 9.17) is 4.74 Å². The summed E-state index contributed by atoms with van der Waals surface area (Å²) in [5.74, 6) is 0.390. The third-order valence-corrected chi connectivity index (χ3v) is 6.84. The van der Waals surface area contributed by atoms with Crippen LogP contribution in [0.1, 0.15) is 36.0 Å². The summed E-state index contributed by atoms with van der Waals surface area (Å²) in [6.07, 6.45) is 5.24. The fourth-order valence-electron chi connectivity index (χ4n) is 5.19. The van der Waals surface area contributed by atoms with Crippen molar-refractivity contribution in [1.82, 2.24) is 4.90 Å². The third kappa shape index (κ3) is 4.53. The van der Waals surface area contributed by atoms with Gasteiger partial charge < -0.3 is 4.74 Å². The van der Waals surface area contributed by atoms with E-state index in [9.17, 15) is 4.79 Å². The van der Waals surface area contributed by atoms with Gasteiger partial charge in [0.05, 0.1) is 0 Å². The highest BCUT2D eigenvalue weighted by Crippen LogP contribution is 2.43. The van der Waals surface area contributed by atoms with E-state index in [2.05, 4.69) is 65.6 Å². The van der Waals surface area contributed by atoms with Crippen LogP contribution >= 0.6 is 0 Å². The van der Waals surface area contributed by atoms with Crippen LogP contribution in [0.15, 0.2) is 97.1 Å². The van der Waals surface area contributed by atoms with Gasteiger partial charge in [-0.25, -0.2) is 0 Å². The minimum absolute atomic E-state index is 0.0968. The Morgan fingerprint density at radius 3 is 2.16 bits per heavy atom. The van der Waals surface area contributed by atoms with Crippen LogP contribution in [-0.4, -0.2) is 23.0 Å². The van der Waals surface area contributed by atoms with Crippen molar-refractivity contribution >= 4 is 11.5 Å². The highest BCUT2D eigenvalue weighted by molar-refractivity contribution is 5.77.